The largest absolute Gasteiger partial charge is 0.394 e. The molecule has 4 heteroatoms. The molecule has 0 radical (unpaired) electrons. The van der Waals surface area contributed by atoms with Crippen molar-refractivity contribution >= 4 is 27.3 Å². The lowest BCUT2D eigenvalue weighted by molar-refractivity contribution is 0.245. The summed E-state index contributed by atoms with van der Waals surface area (Å²) in [4.78, 5) is 1.20. The molecule has 2 N–H and O–H groups in total. The van der Waals surface area contributed by atoms with Gasteiger partial charge in [0.1, 0.15) is 0 Å². The molecule has 1 fully saturated rings. The van der Waals surface area contributed by atoms with Crippen molar-refractivity contribution in [2.75, 3.05) is 6.61 Å². The molecule has 0 saturated heterocycles. The smallest absolute Gasteiger partial charge is 0.0663 e. The van der Waals surface area contributed by atoms with Gasteiger partial charge in [0, 0.05) is 15.4 Å². The highest BCUT2D eigenvalue weighted by molar-refractivity contribution is 9.10. The summed E-state index contributed by atoms with van der Waals surface area (Å²) < 4.78 is 1.10. The van der Waals surface area contributed by atoms with Crippen LogP contribution in [0.25, 0.3) is 0 Å². The molecule has 72 valence electrons. The topological polar surface area (TPSA) is 32.3 Å². The second kappa shape index (κ2) is 4.09. The van der Waals surface area contributed by atoms with Crippen molar-refractivity contribution in [1.82, 2.24) is 5.32 Å². The van der Waals surface area contributed by atoms with Gasteiger partial charge in [-0.15, -0.1) is 11.3 Å². The van der Waals surface area contributed by atoms with Crippen LogP contribution in [-0.4, -0.2) is 17.8 Å². The minimum Gasteiger partial charge on any atom is -0.394 e. The van der Waals surface area contributed by atoms with E-state index in [9.17, 15) is 5.11 Å². The quantitative estimate of drug-likeness (QED) is 0.872. The van der Waals surface area contributed by atoms with Gasteiger partial charge in [-0.3, -0.25) is 0 Å². The first-order valence-corrected chi connectivity index (χ1v) is 6.08. The molecule has 1 aromatic rings. The first-order chi connectivity index (χ1) is 6.31. The molecule has 1 heterocycles. The van der Waals surface area contributed by atoms with Gasteiger partial charge in [-0.25, -0.2) is 0 Å². The third kappa shape index (κ3) is 2.31. The Labute approximate surface area is 90.1 Å². The van der Waals surface area contributed by atoms with Crippen LogP contribution in [-0.2, 0) is 0 Å². The fourth-order valence-electron chi connectivity index (χ4n) is 1.30. The Bertz CT molecular complexity index is 285. The summed E-state index contributed by atoms with van der Waals surface area (Å²) in [5.74, 6) is 0. The van der Waals surface area contributed by atoms with Crippen LogP contribution in [0.2, 0.25) is 0 Å². The zero-order chi connectivity index (χ0) is 9.26. The van der Waals surface area contributed by atoms with Crippen molar-refractivity contribution in [1.29, 1.82) is 0 Å². The lowest BCUT2D eigenvalue weighted by atomic mass is 10.2. The zero-order valence-corrected chi connectivity index (χ0v) is 9.57. The lowest BCUT2D eigenvalue weighted by Gasteiger charge is -2.14. The number of halogens is 1. The van der Waals surface area contributed by atoms with Gasteiger partial charge in [-0.05, 0) is 40.2 Å². The summed E-state index contributed by atoms with van der Waals surface area (Å²) in [5.41, 5.74) is 0. The van der Waals surface area contributed by atoms with Crippen LogP contribution in [0, 0.1) is 0 Å². The monoisotopic (exact) mass is 261 g/mol. The maximum Gasteiger partial charge on any atom is 0.0663 e. The average Bonchev–Trinajstić information content (AvgIpc) is 2.85. The third-order valence-corrected chi connectivity index (χ3v) is 4.14. The predicted octanol–water partition coefficient (Wildman–Crippen LogP) is 2.30. The summed E-state index contributed by atoms with van der Waals surface area (Å²) in [5, 5.41) is 14.7. The second-order valence-corrected chi connectivity index (χ2v) is 5.11. The van der Waals surface area contributed by atoms with E-state index >= 15 is 0 Å². The number of thiophene rings is 1. The Kier molecular flexibility index (Phi) is 3.03. The van der Waals surface area contributed by atoms with E-state index in [0.717, 1.165) is 4.47 Å². The van der Waals surface area contributed by atoms with Crippen molar-refractivity contribution in [3.05, 3.63) is 20.8 Å². The molecule has 1 aliphatic rings. The first-order valence-electron chi connectivity index (χ1n) is 4.41. The van der Waals surface area contributed by atoms with Crippen molar-refractivity contribution in [3.63, 3.8) is 0 Å². The number of aliphatic hydroxyl groups is 1. The molecule has 1 atom stereocenters. The van der Waals surface area contributed by atoms with E-state index in [1.54, 1.807) is 11.3 Å². The van der Waals surface area contributed by atoms with Crippen LogP contribution < -0.4 is 5.32 Å². The van der Waals surface area contributed by atoms with E-state index in [4.69, 9.17) is 0 Å². The van der Waals surface area contributed by atoms with Crippen molar-refractivity contribution in [2.45, 2.75) is 24.9 Å². The van der Waals surface area contributed by atoms with Gasteiger partial charge in [0.05, 0.1) is 12.6 Å². The minimum atomic E-state index is 0.113. The molecular weight excluding hydrogens is 250 g/mol. The van der Waals surface area contributed by atoms with Gasteiger partial charge < -0.3 is 10.4 Å². The van der Waals surface area contributed by atoms with Gasteiger partial charge in [0.2, 0.25) is 0 Å². The minimum absolute atomic E-state index is 0.113. The maximum atomic E-state index is 9.22. The standard InChI is InChI=1S/C9H12BrNOS/c10-7-3-4-13-9(7)8(5-12)11-6-1-2-6/h3-4,6,8,11-12H,1-2,5H2. The Morgan fingerprint density at radius 3 is 2.92 bits per heavy atom. The highest BCUT2D eigenvalue weighted by Crippen LogP contribution is 2.31. The summed E-state index contributed by atoms with van der Waals surface area (Å²) >= 11 is 5.16. The van der Waals surface area contributed by atoms with E-state index in [0.29, 0.717) is 6.04 Å². The predicted molar refractivity (Wildman–Crippen MR) is 58.0 cm³/mol. The highest BCUT2D eigenvalue weighted by Gasteiger charge is 2.26. The molecule has 0 aromatic carbocycles. The van der Waals surface area contributed by atoms with Crippen molar-refractivity contribution in [3.8, 4) is 0 Å². The average molecular weight is 262 g/mol. The summed E-state index contributed by atoms with van der Waals surface area (Å²) in [6.07, 6.45) is 2.50. The summed E-state index contributed by atoms with van der Waals surface area (Å²) in [6.45, 7) is 0.176. The fraction of sp³-hybridized carbons (Fsp3) is 0.556. The van der Waals surface area contributed by atoms with Gasteiger partial charge >= 0.3 is 0 Å². The normalized spacial score (nSPS) is 18.9. The Morgan fingerprint density at radius 1 is 1.69 bits per heavy atom. The Morgan fingerprint density at radius 2 is 2.46 bits per heavy atom. The lowest BCUT2D eigenvalue weighted by Crippen LogP contribution is -2.25. The van der Waals surface area contributed by atoms with Crippen LogP contribution in [0.15, 0.2) is 15.9 Å². The van der Waals surface area contributed by atoms with Gasteiger partial charge in [0.25, 0.3) is 0 Å². The third-order valence-electron chi connectivity index (χ3n) is 2.16. The highest BCUT2D eigenvalue weighted by atomic mass is 79.9. The summed E-state index contributed by atoms with van der Waals surface area (Å²) in [7, 11) is 0. The van der Waals surface area contributed by atoms with Crippen molar-refractivity contribution < 1.29 is 5.11 Å². The molecule has 13 heavy (non-hydrogen) atoms. The van der Waals surface area contributed by atoms with E-state index < -0.39 is 0 Å². The van der Waals surface area contributed by atoms with Gasteiger partial charge in [-0.2, -0.15) is 0 Å². The van der Waals surface area contributed by atoms with Gasteiger partial charge in [0.15, 0.2) is 0 Å². The van der Waals surface area contributed by atoms with E-state index in [1.807, 2.05) is 11.4 Å². The Hall–Kier alpha value is 0.100. The Balaban J connectivity index is 2.06. The maximum absolute atomic E-state index is 9.22. The number of nitrogens with one attached hydrogen (secondary N) is 1. The van der Waals surface area contributed by atoms with Crippen LogP contribution in [0.5, 0.6) is 0 Å². The fourth-order valence-corrected chi connectivity index (χ4v) is 3.00. The van der Waals surface area contributed by atoms with Crippen LogP contribution >= 0.6 is 27.3 Å². The zero-order valence-electron chi connectivity index (χ0n) is 7.16. The number of aliphatic hydroxyl groups excluding tert-OH is 1. The van der Waals surface area contributed by atoms with E-state index in [-0.39, 0.29) is 12.6 Å². The molecule has 0 bridgehead atoms. The molecular formula is C9H12BrNOS. The van der Waals surface area contributed by atoms with Gasteiger partial charge in [-0.1, -0.05) is 0 Å². The molecule has 2 rings (SSSR count). The van der Waals surface area contributed by atoms with Crippen LogP contribution in [0.3, 0.4) is 0 Å². The molecule has 1 aromatic heterocycles. The number of hydrogen-bond acceptors (Lipinski definition) is 3. The summed E-state index contributed by atoms with van der Waals surface area (Å²) in [6, 6.07) is 2.77. The van der Waals surface area contributed by atoms with Crippen molar-refractivity contribution in [2.24, 2.45) is 0 Å². The van der Waals surface area contributed by atoms with E-state index in [1.165, 1.54) is 17.7 Å². The molecule has 1 saturated carbocycles. The molecule has 0 amide bonds. The number of rotatable bonds is 4. The second-order valence-electron chi connectivity index (χ2n) is 3.31. The number of hydrogen-bond donors (Lipinski definition) is 2. The molecule has 0 spiro atoms. The molecule has 2 nitrogen and oxygen atoms in total. The molecule has 1 aliphatic carbocycles. The van der Waals surface area contributed by atoms with E-state index in [2.05, 4.69) is 21.2 Å². The molecule has 1 unspecified atom stereocenters. The van der Waals surface area contributed by atoms with Crippen LogP contribution in [0.1, 0.15) is 23.8 Å². The SMILES string of the molecule is OCC(NC1CC1)c1sccc1Br. The molecule has 0 aliphatic heterocycles. The van der Waals surface area contributed by atoms with Crippen LogP contribution in [0.4, 0.5) is 0 Å². The first kappa shape index (κ1) is 9.65.